The number of fused-ring (bicyclic) bond motifs is 2. The van der Waals surface area contributed by atoms with Crippen LogP contribution in [0.5, 0.6) is 0 Å². The number of aromatic amines is 2. The molecule has 0 bridgehead atoms. The molecule has 6 aromatic rings. The number of hydrogen-bond donors (Lipinski definition) is 3. The van der Waals surface area contributed by atoms with E-state index in [1.165, 1.54) is 30.7 Å². The van der Waals surface area contributed by atoms with Gasteiger partial charge >= 0.3 is 0 Å². The quantitative estimate of drug-likeness (QED) is 0.234. The number of H-pyrrole nitrogens is 2. The van der Waals surface area contributed by atoms with E-state index in [2.05, 4.69) is 40.4 Å². The number of unbranched alkanes of at least 4 members (excludes halogenated alkanes) is 1. The van der Waals surface area contributed by atoms with Crippen LogP contribution in [-0.4, -0.2) is 41.0 Å². The average molecular weight is 525 g/mol. The molecule has 5 heterocycles. The minimum Gasteiger partial charge on any atom is -0.335 e. The van der Waals surface area contributed by atoms with Gasteiger partial charge in [-0.25, -0.2) is 13.8 Å². The Balaban J connectivity index is 1.41. The predicted octanol–water partition coefficient (Wildman–Crippen LogP) is 6.03. The van der Waals surface area contributed by atoms with Crippen LogP contribution in [-0.2, 0) is 4.79 Å². The van der Waals surface area contributed by atoms with Crippen LogP contribution < -0.4 is 5.32 Å². The van der Waals surface area contributed by atoms with Gasteiger partial charge in [0.2, 0.25) is 5.91 Å². The first-order valence-electron chi connectivity index (χ1n) is 12.4. The smallest absolute Gasteiger partial charge is 0.224 e. The van der Waals surface area contributed by atoms with Crippen molar-refractivity contribution in [1.29, 1.82) is 0 Å². The Kier molecular flexibility index (Phi) is 6.23. The lowest BCUT2D eigenvalue weighted by Crippen LogP contribution is -2.11. The number of amides is 1. The molecule has 194 valence electrons. The maximum Gasteiger partial charge on any atom is 0.224 e. The van der Waals surface area contributed by atoms with E-state index in [0.717, 1.165) is 12.8 Å². The van der Waals surface area contributed by atoms with Crippen LogP contribution in [0.4, 0.5) is 14.5 Å². The molecule has 0 spiro atoms. The first kappa shape index (κ1) is 24.3. The maximum absolute atomic E-state index is 16.0. The van der Waals surface area contributed by atoms with E-state index in [1.807, 2.05) is 6.92 Å². The number of anilines is 1. The Morgan fingerprint density at radius 3 is 2.69 bits per heavy atom. The Morgan fingerprint density at radius 1 is 0.974 bits per heavy atom. The van der Waals surface area contributed by atoms with Crippen LogP contribution in [0.3, 0.4) is 0 Å². The van der Waals surface area contributed by atoms with E-state index in [1.54, 1.807) is 30.6 Å². The third-order valence-electron chi connectivity index (χ3n) is 6.35. The molecule has 0 radical (unpaired) electrons. The molecular formula is C28H22F2N8O. The predicted molar refractivity (Wildman–Crippen MR) is 144 cm³/mol. The van der Waals surface area contributed by atoms with Crippen molar-refractivity contribution in [1.82, 2.24) is 35.1 Å². The molecule has 0 fully saturated rings. The van der Waals surface area contributed by atoms with Gasteiger partial charge in [-0.15, -0.1) is 0 Å². The fraction of sp³-hybridized carbons (Fsp3) is 0.143. The van der Waals surface area contributed by atoms with Gasteiger partial charge in [0.05, 0.1) is 46.2 Å². The van der Waals surface area contributed by atoms with Crippen molar-refractivity contribution in [3.05, 3.63) is 73.0 Å². The van der Waals surface area contributed by atoms with E-state index in [4.69, 9.17) is 0 Å². The van der Waals surface area contributed by atoms with E-state index >= 15 is 4.39 Å². The summed E-state index contributed by atoms with van der Waals surface area (Å²) in [7, 11) is 0. The number of carbonyl (C=O) groups is 1. The van der Waals surface area contributed by atoms with Gasteiger partial charge in [-0.2, -0.15) is 5.10 Å². The molecule has 0 aliphatic heterocycles. The second-order valence-corrected chi connectivity index (χ2v) is 9.07. The SMILES string of the molecule is CCCCC(=O)Nc1cncc(-c2ncc3[nH]nc(-c4nc5c(-c6cccc(F)c6)cncc5[nH]4)c3c2F)c1. The first-order chi connectivity index (χ1) is 19.0. The normalized spacial score (nSPS) is 11.4. The van der Waals surface area contributed by atoms with Crippen molar-refractivity contribution in [2.24, 2.45) is 0 Å². The summed E-state index contributed by atoms with van der Waals surface area (Å²) in [5, 5.41) is 10.1. The molecule has 0 atom stereocenters. The van der Waals surface area contributed by atoms with Gasteiger partial charge in [0, 0.05) is 29.9 Å². The highest BCUT2D eigenvalue weighted by molar-refractivity contribution is 5.98. The lowest BCUT2D eigenvalue weighted by molar-refractivity contribution is -0.116. The van der Waals surface area contributed by atoms with E-state index in [0.29, 0.717) is 51.2 Å². The van der Waals surface area contributed by atoms with Crippen molar-refractivity contribution in [2.75, 3.05) is 5.32 Å². The number of halogens is 2. The third kappa shape index (κ3) is 4.58. The summed E-state index contributed by atoms with van der Waals surface area (Å²) in [6, 6.07) is 7.78. The number of carbonyl (C=O) groups excluding carboxylic acids is 1. The Bertz CT molecular complexity index is 1840. The highest BCUT2D eigenvalue weighted by Gasteiger charge is 2.21. The molecular weight excluding hydrogens is 502 g/mol. The van der Waals surface area contributed by atoms with Crippen LogP contribution in [0.15, 0.2) is 61.3 Å². The van der Waals surface area contributed by atoms with Crippen molar-refractivity contribution >= 4 is 33.5 Å². The highest BCUT2D eigenvalue weighted by Crippen LogP contribution is 2.34. The summed E-state index contributed by atoms with van der Waals surface area (Å²) < 4.78 is 29.9. The second kappa shape index (κ2) is 10.0. The van der Waals surface area contributed by atoms with Crippen molar-refractivity contribution < 1.29 is 13.6 Å². The fourth-order valence-corrected chi connectivity index (χ4v) is 4.46. The number of hydrogen-bond acceptors (Lipinski definition) is 6. The summed E-state index contributed by atoms with van der Waals surface area (Å²) in [5.41, 5.74) is 3.93. The summed E-state index contributed by atoms with van der Waals surface area (Å²) >= 11 is 0. The van der Waals surface area contributed by atoms with Gasteiger partial charge in [-0.1, -0.05) is 25.5 Å². The van der Waals surface area contributed by atoms with Crippen LogP contribution in [0.1, 0.15) is 26.2 Å². The molecule has 0 aliphatic carbocycles. The zero-order chi connectivity index (χ0) is 26.9. The lowest BCUT2D eigenvalue weighted by atomic mass is 10.1. The summed E-state index contributed by atoms with van der Waals surface area (Å²) in [4.78, 5) is 32.7. The first-order valence-corrected chi connectivity index (χ1v) is 12.4. The minimum absolute atomic E-state index is 0.0561. The molecule has 1 aromatic carbocycles. The van der Waals surface area contributed by atoms with Gasteiger partial charge in [0.1, 0.15) is 17.2 Å². The lowest BCUT2D eigenvalue weighted by Gasteiger charge is -2.08. The van der Waals surface area contributed by atoms with Crippen LogP contribution >= 0.6 is 0 Å². The molecule has 3 N–H and O–H groups in total. The Morgan fingerprint density at radius 2 is 1.85 bits per heavy atom. The summed E-state index contributed by atoms with van der Waals surface area (Å²) in [6.45, 7) is 2.01. The van der Waals surface area contributed by atoms with Gasteiger partial charge in [-0.05, 0) is 30.2 Å². The van der Waals surface area contributed by atoms with Gasteiger partial charge < -0.3 is 10.3 Å². The number of rotatable bonds is 7. The van der Waals surface area contributed by atoms with Gasteiger partial charge in [0.15, 0.2) is 11.6 Å². The van der Waals surface area contributed by atoms with E-state index in [-0.39, 0.29) is 28.5 Å². The van der Waals surface area contributed by atoms with Crippen molar-refractivity contribution in [2.45, 2.75) is 26.2 Å². The van der Waals surface area contributed by atoms with Gasteiger partial charge in [0.25, 0.3) is 0 Å². The molecule has 5 aromatic heterocycles. The van der Waals surface area contributed by atoms with Crippen LogP contribution in [0.25, 0.3) is 55.8 Å². The average Bonchev–Trinajstić information content (AvgIpc) is 3.57. The maximum atomic E-state index is 16.0. The fourth-order valence-electron chi connectivity index (χ4n) is 4.46. The monoisotopic (exact) mass is 524 g/mol. The number of imidazole rings is 1. The molecule has 0 unspecified atom stereocenters. The molecule has 0 saturated heterocycles. The van der Waals surface area contributed by atoms with Crippen LogP contribution in [0, 0.1) is 11.6 Å². The Labute approximate surface area is 220 Å². The zero-order valence-electron chi connectivity index (χ0n) is 20.8. The third-order valence-corrected chi connectivity index (χ3v) is 6.35. The highest BCUT2D eigenvalue weighted by atomic mass is 19.1. The Hall–Kier alpha value is -5.06. The molecule has 9 nitrogen and oxygen atoms in total. The molecule has 1 amide bonds. The molecule has 11 heteroatoms. The van der Waals surface area contributed by atoms with Crippen LogP contribution in [0.2, 0.25) is 0 Å². The number of benzene rings is 1. The van der Waals surface area contributed by atoms with Crippen molar-refractivity contribution in [3.63, 3.8) is 0 Å². The largest absolute Gasteiger partial charge is 0.335 e. The number of aromatic nitrogens is 7. The summed E-state index contributed by atoms with van der Waals surface area (Å²) in [5.74, 6) is -0.807. The summed E-state index contributed by atoms with van der Waals surface area (Å²) in [6.07, 6.45) is 9.75. The second-order valence-electron chi connectivity index (χ2n) is 9.07. The molecule has 6 rings (SSSR count). The molecule has 0 aliphatic rings. The number of pyridine rings is 3. The van der Waals surface area contributed by atoms with E-state index in [9.17, 15) is 9.18 Å². The van der Waals surface area contributed by atoms with Gasteiger partial charge in [-0.3, -0.25) is 24.8 Å². The topological polar surface area (TPSA) is 125 Å². The van der Waals surface area contributed by atoms with E-state index < -0.39 is 5.82 Å². The molecule has 39 heavy (non-hydrogen) atoms. The number of nitrogens with zero attached hydrogens (tertiary/aromatic N) is 5. The zero-order valence-corrected chi connectivity index (χ0v) is 20.8. The standard InChI is InChI=1S/C28H22F2N8O/c1-2-3-7-22(39)34-18-9-16(10-31-11-18)25-24(30)23-20(14-33-25)37-38-27(23)28-35-21-13-32-12-19(26(21)36-28)15-5-4-6-17(29)8-15/h4-6,8-14H,2-3,7H2,1H3,(H,34,39)(H,35,36)(H,37,38). The number of nitrogens with one attached hydrogen (secondary N) is 3. The van der Waals surface area contributed by atoms with Crippen molar-refractivity contribution in [3.8, 4) is 33.9 Å². The molecule has 0 saturated carbocycles. The minimum atomic E-state index is -0.614.